The summed E-state index contributed by atoms with van der Waals surface area (Å²) in [6.07, 6.45) is 2.90. The van der Waals surface area contributed by atoms with E-state index >= 15 is 0 Å². The molecule has 1 amide bonds. The molecule has 0 saturated heterocycles. The Morgan fingerprint density at radius 3 is 2.41 bits per heavy atom. The summed E-state index contributed by atoms with van der Waals surface area (Å²) in [4.78, 5) is 12.3. The van der Waals surface area contributed by atoms with Crippen molar-refractivity contribution in [3.05, 3.63) is 34.5 Å². The highest BCUT2D eigenvalue weighted by molar-refractivity contribution is 9.10. The van der Waals surface area contributed by atoms with Gasteiger partial charge >= 0.3 is 0 Å². The van der Waals surface area contributed by atoms with Crippen LogP contribution in [-0.4, -0.2) is 33.7 Å². The van der Waals surface area contributed by atoms with Crippen molar-refractivity contribution in [3.63, 3.8) is 0 Å². The van der Waals surface area contributed by atoms with Crippen LogP contribution in [0.25, 0.3) is 11.3 Å². The minimum atomic E-state index is -0.555. The minimum Gasteiger partial charge on any atom is -0.467 e. The number of carbonyl (C=O) groups is 1. The van der Waals surface area contributed by atoms with E-state index in [4.69, 9.17) is 29.1 Å². The van der Waals surface area contributed by atoms with Crippen molar-refractivity contribution in [1.82, 2.24) is 0 Å². The molecule has 7 nitrogen and oxygen atoms in total. The van der Waals surface area contributed by atoms with Gasteiger partial charge in [-0.25, -0.2) is 0 Å². The third-order valence-electron chi connectivity index (χ3n) is 3.93. The fourth-order valence-corrected chi connectivity index (χ4v) is 3.52. The monoisotopic (exact) mass is 441 g/mol. The van der Waals surface area contributed by atoms with Crippen LogP contribution in [0.2, 0.25) is 0 Å². The van der Waals surface area contributed by atoms with Crippen LogP contribution >= 0.6 is 15.9 Å². The van der Waals surface area contributed by atoms with Gasteiger partial charge in [-0.2, -0.15) is 0 Å². The average Bonchev–Trinajstić information content (AvgIpc) is 3.18. The zero-order valence-corrected chi connectivity index (χ0v) is 17.2. The zero-order chi connectivity index (χ0) is 19.8. The van der Waals surface area contributed by atoms with Gasteiger partial charge in [0.15, 0.2) is 13.6 Å². The molecular formula is C19H24BrNO6. The Morgan fingerprint density at radius 1 is 1.22 bits per heavy atom. The maximum absolute atomic E-state index is 12.3. The Balaban J connectivity index is 2.75. The first-order valence-corrected chi connectivity index (χ1v) is 9.27. The quantitative estimate of drug-likeness (QED) is 0.528. The summed E-state index contributed by atoms with van der Waals surface area (Å²) in [5.74, 6) is 0.485. The molecule has 0 radical (unpaired) electrons. The fraction of sp³-hybridized carbons (Fsp3) is 0.421. The van der Waals surface area contributed by atoms with Crippen LogP contribution in [0.3, 0.4) is 0 Å². The standard InChI is InChI=1S/C19H24BrNO6/c1-4-6-12(19(21)22)16-17(13-7-5-8-25-13)14(26-10-23-2)9-15(18(16)20)27-11-24-3/h5,7-9,12H,4,6,10-11H2,1-3H3,(H2,21,22). The van der Waals surface area contributed by atoms with Gasteiger partial charge in [0, 0.05) is 20.3 Å². The van der Waals surface area contributed by atoms with E-state index in [-0.39, 0.29) is 13.6 Å². The van der Waals surface area contributed by atoms with E-state index in [0.717, 1.165) is 6.42 Å². The fourth-order valence-electron chi connectivity index (χ4n) is 2.81. The Hall–Kier alpha value is -2.03. The molecule has 0 fully saturated rings. The van der Waals surface area contributed by atoms with Crippen LogP contribution < -0.4 is 15.2 Å². The smallest absolute Gasteiger partial charge is 0.225 e. The van der Waals surface area contributed by atoms with Crippen LogP contribution in [0.4, 0.5) is 0 Å². The van der Waals surface area contributed by atoms with E-state index in [2.05, 4.69) is 15.9 Å². The molecule has 0 aliphatic carbocycles. The molecule has 0 aliphatic rings. The molecule has 0 bridgehead atoms. The number of benzene rings is 1. The van der Waals surface area contributed by atoms with Crippen molar-refractivity contribution < 1.29 is 28.2 Å². The maximum Gasteiger partial charge on any atom is 0.225 e. The van der Waals surface area contributed by atoms with E-state index in [1.165, 1.54) is 14.2 Å². The van der Waals surface area contributed by atoms with Gasteiger partial charge in [-0.05, 0) is 40.0 Å². The summed E-state index contributed by atoms with van der Waals surface area (Å²) in [5.41, 5.74) is 7.01. The van der Waals surface area contributed by atoms with Crippen LogP contribution in [0.15, 0.2) is 33.4 Å². The van der Waals surface area contributed by atoms with Crippen molar-refractivity contribution in [2.24, 2.45) is 5.73 Å². The van der Waals surface area contributed by atoms with Gasteiger partial charge in [-0.1, -0.05) is 13.3 Å². The molecule has 1 unspecified atom stereocenters. The number of methoxy groups -OCH3 is 2. The predicted octanol–water partition coefficient (Wildman–Crippen LogP) is 4.04. The average molecular weight is 442 g/mol. The third-order valence-corrected chi connectivity index (χ3v) is 4.75. The van der Waals surface area contributed by atoms with E-state index < -0.39 is 11.8 Å². The Kier molecular flexibility index (Phi) is 8.15. The summed E-state index contributed by atoms with van der Waals surface area (Å²) in [6.45, 7) is 2.05. The van der Waals surface area contributed by atoms with E-state index in [1.54, 1.807) is 24.5 Å². The van der Waals surface area contributed by atoms with Crippen LogP contribution in [-0.2, 0) is 14.3 Å². The summed E-state index contributed by atoms with van der Waals surface area (Å²) in [5, 5.41) is 0. The summed E-state index contributed by atoms with van der Waals surface area (Å²) >= 11 is 3.57. The molecule has 1 aromatic carbocycles. The third kappa shape index (κ3) is 5.03. The number of furan rings is 1. The van der Waals surface area contributed by atoms with Crippen LogP contribution in [0.1, 0.15) is 31.2 Å². The molecule has 8 heteroatoms. The highest BCUT2D eigenvalue weighted by Crippen LogP contribution is 2.47. The van der Waals surface area contributed by atoms with Gasteiger partial charge in [-0.3, -0.25) is 4.79 Å². The molecule has 2 rings (SSSR count). The summed E-state index contributed by atoms with van der Waals surface area (Å²) < 4.78 is 27.7. The molecule has 0 aliphatic heterocycles. The molecule has 1 aromatic heterocycles. The van der Waals surface area contributed by atoms with Gasteiger partial charge in [0.05, 0.1) is 22.2 Å². The van der Waals surface area contributed by atoms with E-state index in [1.807, 2.05) is 6.92 Å². The second-order valence-corrected chi connectivity index (χ2v) is 6.59. The number of rotatable bonds is 11. The lowest BCUT2D eigenvalue weighted by Crippen LogP contribution is -2.23. The van der Waals surface area contributed by atoms with Gasteiger partial charge in [0.2, 0.25) is 5.91 Å². The van der Waals surface area contributed by atoms with Crippen LogP contribution in [0.5, 0.6) is 11.5 Å². The molecule has 2 N–H and O–H groups in total. The largest absolute Gasteiger partial charge is 0.467 e. The summed E-state index contributed by atoms with van der Waals surface area (Å²) in [6, 6.07) is 5.26. The number of hydrogen-bond donors (Lipinski definition) is 1. The number of ether oxygens (including phenoxy) is 4. The number of halogens is 1. The molecule has 1 atom stereocenters. The first kappa shape index (κ1) is 21.3. The number of carbonyl (C=O) groups excluding carboxylic acids is 1. The topological polar surface area (TPSA) is 93.2 Å². The second kappa shape index (κ2) is 10.3. The lowest BCUT2D eigenvalue weighted by molar-refractivity contribution is -0.119. The highest BCUT2D eigenvalue weighted by Gasteiger charge is 2.30. The van der Waals surface area contributed by atoms with Gasteiger partial charge in [0.25, 0.3) is 0 Å². The predicted molar refractivity (Wildman–Crippen MR) is 104 cm³/mol. The Morgan fingerprint density at radius 2 is 1.89 bits per heavy atom. The molecule has 1 heterocycles. The van der Waals surface area contributed by atoms with Gasteiger partial charge < -0.3 is 29.1 Å². The van der Waals surface area contributed by atoms with E-state index in [9.17, 15) is 4.79 Å². The van der Waals surface area contributed by atoms with Crippen molar-refractivity contribution in [2.45, 2.75) is 25.7 Å². The molecule has 2 aromatic rings. The Labute approximate surface area is 166 Å². The summed E-state index contributed by atoms with van der Waals surface area (Å²) in [7, 11) is 3.05. The van der Waals surface area contributed by atoms with Gasteiger partial charge in [0.1, 0.15) is 17.3 Å². The number of hydrogen-bond acceptors (Lipinski definition) is 6. The van der Waals surface area contributed by atoms with Gasteiger partial charge in [-0.15, -0.1) is 0 Å². The first-order chi connectivity index (χ1) is 13.0. The van der Waals surface area contributed by atoms with Crippen LogP contribution in [0, 0.1) is 0 Å². The van der Waals surface area contributed by atoms with Crippen molar-refractivity contribution in [3.8, 4) is 22.8 Å². The van der Waals surface area contributed by atoms with E-state index in [0.29, 0.717) is 39.3 Å². The maximum atomic E-state index is 12.3. The van der Waals surface area contributed by atoms with Crippen molar-refractivity contribution in [2.75, 3.05) is 27.8 Å². The SMILES string of the molecule is CCCC(C(N)=O)c1c(Br)c(OCOC)cc(OCOC)c1-c1ccco1. The second-order valence-electron chi connectivity index (χ2n) is 5.80. The Bertz CT molecular complexity index is 747. The van der Waals surface area contributed by atoms with Crippen molar-refractivity contribution in [1.29, 1.82) is 0 Å². The molecular weight excluding hydrogens is 418 g/mol. The molecule has 0 spiro atoms. The van der Waals surface area contributed by atoms with Crippen molar-refractivity contribution >= 4 is 21.8 Å². The number of amides is 1. The molecule has 148 valence electrons. The minimum absolute atomic E-state index is 0.0213. The normalized spacial score (nSPS) is 12.0. The number of primary amides is 1. The highest BCUT2D eigenvalue weighted by atomic mass is 79.9. The molecule has 0 saturated carbocycles. The lowest BCUT2D eigenvalue weighted by atomic mass is 9.88. The first-order valence-electron chi connectivity index (χ1n) is 8.48. The zero-order valence-electron chi connectivity index (χ0n) is 15.6. The molecule has 27 heavy (non-hydrogen) atoms. The lowest BCUT2D eigenvalue weighted by Gasteiger charge is -2.23. The number of nitrogens with two attached hydrogens (primary N) is 1.